The van der Waals surface area contributed by atoms with E-state index in [1.165, 1.54) is 0 Å². The van der Waals surface area contributed by atoms with Crippen LogP contribution >= 0.6 is 0 Å². The lowest BCUT2D eigenvalue weighted by atomic mass is 9.88. The van der Waals surface area contributed by atoms with Crippen molar-refractivity contribution < 1.29 is 79.2 Å². The SMILES string of the molecule is CCCCO[C@@H]1OC(CO)[C@@H](O[C@@H]2OC(CO)[C@H](O)[C@H](O[C@]3(C(=O)O)C[C@@H](O)[C@@H](N=[N+]=[N-])C([C@H](N=[N+]=[N-])[C@@H](C)O)O3)C2O)[C@H](O)C1O. The van der Waals surface area contributed by atoms with Gasteiger partial charge in [-0.1, -0.05) is 23.6 Å². The van der Waals surface area contributed by atoms with Gasteiger partial charge in [-0.25, -0.2) is 4.79 Å². The highest BCUT2D eigenvalue weighted by atomic mass is 16.8. The van der Waals surface area contributed by atoms with Gasteiger partial charge in [-0.15, -0.1) is 0 Å². The van der Waals surface area contributed by atoms with Gasteiger partial charge in [0.25, 0.3) is 5.79 Å². The highest BCUT2D eigenvalue weighted by Crippen LogP contribution is 2.39. The maximum Gasteiger partial charge on any atom is 0.364 e. The number of ether oxygens (including phenoxy) is 6. The van der Waals surface area contributed by atoms with E-state index in [1.54, 1.807) is 0 Å². The zero-order chi connectivity index (χ0) is 35.1. The van der Waals surface area contributed by atoms with Crippen LogP contribution in [0.3, 0.4) is 0 Å². The first-order valence-corrected chi connectivity index (χ1v) is 14.9. The molecule has 0 spiro atoms. The van der Waals surface area contributed by atoms with Crippen molar-refractivity contribution in [2.24, 2.45) is 10.2 Å². The number of carboxylic acids is 1. The maximum atomic E-state index is 12.7. The van der Waals surface area contributed by atoms with Crippen molar-refractivity contribution in [3.8, 4) is 0 Å². The molecule has 47 heavy (non-hydrogen) atoms. The Morgan fingerprint density at radius 2 is 1.64 bits per heavy atom. The normalized spacial score (nSPS) is 42.0. The van der Waals surface area contributed by atoms with Gasteiger partial charge < -0.3 is 74.4 Å². The number of rotatable bonds is 15. The molecule has 0 aliphatic carbocycles. The monoisotopic (exact) mass is 682 g/mol. The molecule has 3 rings (SSSR count). The molecule has 3 saturated heterocycles. The van der Waals surface area contributed by atoms with Crippen molar-refractivity contribution in [1.29, 1.82) is 0 Å². The molecule has 5 unspecified atom stereocenters. The number of aliphatic carboxylic acids is 1. The van der Waals surface area contributed by atoms with Crippen molar-refractivity contribution in [3.05, 3.63) is 20.9 Å². The van der Waals surface area contributed by atoms with Gasteiger partial charge in [-0.2, -0.15) is 0 Å². The van der Waals surface area contributed by atoms with Crippen molar-refractivity contribution in [3.63, 3.8) is 0 Å². The Kier molecular flexibility index (Phi) is 14.3. The summed E-state index contributed by atoms with van der Waals surface area (Å²) in [6.07, 6.45) is -22.4. The molecule has 3 aliphatic rings. The Morgan fingerprint density at radius 1 is 0.979 bits per heavy atom. The Morgan fingerprint density at radius 3 is 2.19 bits per heavy atom. The number of azide groups is 2. The minimum absolute atomic E-state index is 0.168. The lowest BCUT2D eigenvalue weighted by molar-refractivity contribution is -0.384. The molecular weight excluding hydrogens is 640 g/mol. The molecule has 16 atom stereocenters. The van der Waals surface area contributed by atoms with E-state index in [0.29, 0.717) is 6.42 Å². The summed E-state index contributed by atoms with van der Waals surface area (Å²) in [6.45, 7) is 1.51. The van der Waals surface area contributed by atoms with E-state index in [-0.39, 0.29) is 6.61 Å². The van der Waals surface area contributed by atoms with Crippen LogP contribution in [0.5, 0.6) is 0 Å². The average Bonchev–Trinajstić information content (AvgIpc) is 3.03. The highest BCUT2D eigenvalue weighted by molar-refractivity contribution is 5.76. The van der Waals surface area contributed by atoms with E-state index in [4.69, 9.17) is 39.5 Å². The van der Waals surface area contributed by atoms with Gasteiger partial charge in [0.15, 0.2) is 12.6 Å². The molecule has 22 nitrogen and oxygen atoms in total. The topological polar surface area (TPSA) is 352 Å². The summed E-state index contributed by atoms with van der Waals surface area (Å²) in [6, 6.07) is -3.24. The summed E-state index contributed by atoms with van der Waals surface area (Å²) in [5.41, 5.74) is 18.0. The molecule has 0 aromatic carbocycles. The third-order valence-corrected chi connectivity index (χ3v) is 8.10. The summed E-state index contributed by atoms with van der Waals surface area (Å²) in [5.74, 6) is -4.90. The van der Waals surface area contributed by atoms with Crippen molar-refractivity contribution >= 4 is 5.97 Å². The number of carboxylic acid groups (broad SMARTS) is 1. The smallest absolute Gasteiger partial charge is 0.364 e. The second kappa shape index (κ2) is 17.3. The number of nitrogens with zero attached hydrogens (tertiary/aromatic N) is 6. The minimum atomic E-state index is -2.97. The van der Waals surface area contributed by atoms with Gasteiger partial charge in [0.2, 0.25) is 0 Å². The number of hydrogen-bond donors (Lipinski definition) is 9. The first-order chi connectivity index (χ1) is 22.3. The summed E-state index contributed by atoms with van der Waals surface area (Å²) in [5, 5.41) is 102. The third-order valence-electron chi connectivity index (χ3n) is 8.10. The van der Waals surface area contributed by atoms with E-state index in [9.17, 15) is 50.8 Å². The Hall–Kier alpha value is -2.47. The fourth-order valence-electron chi connectivity index (χ4n) is 5.57. The van der Waals surface area contributed by atoms with Crippen LogP contribution in [-0.4, -0.2) is 169 Å². The quantitative estimate of drug-likeness (QED) is 0.0362. The van der Waals surface area contributed by atoms with Gasteiger partial charge in [-0.3, -0.25) is 0 Å². The predicted molar refractivity (Wildman–Crippen MR) is 150 cm³/mol. The molecule has 22 heteroatoms. The lowest BCUT2D eigenvalue weighted by Gasteiger charge is -2.50. The minimum Gasteiger partial charge on any atom is -0.477 e. The number of aliphatic hydroxyl groups is 8. The van der Waals surface area contributed by atoms with Gasteiger partial charge in [0, 0.05) is 22.9 Å². The molecule has 0 aromatic heterocycles. The molecule has 0 amide bonds. The molecular formula is C25H42N6O16. The second-order valence-electron chi connectivity index (χ2n) is 11.4. The molecule has 0 radical (unpaired) electrons. The van der Waals surface area contributed by atoms with E-state index >= 15 is 0 Å². The maximum absolute atomic E-state index is 12.7. The Bertz CT molecular complexity index is 1110. The van der Waals surface area contributed by atoms with Crippen molar-refractivity contribution in [1.82, 2.24) is 0 Å². The molecule has 268 valence electrons. The molecule has 3 heterocycles. The number of carbonyl (C=O) groups is 1. The Balaban J connectivity index is 1.93. The molecule has 0 aromatic rings. The van der Waals surface area contributed by atoms with Gasteiger partial charge in [-0.05, 0) is 24.4 Å². The first kappa shape index (κ1) is 39.0. The Labute approximate surface area is 267 Å². The van der Waals surface area contributed by atoms with E-state index in [1.807, 2.05) is 6.92 Å². The van der Waals surface area contributed by atoms with Crippen molar-refractivity contribution in [2.45, 2.75) is 131 Å². The lowest BCUT2D eigenvalue weighted by Crippen LogP contribution is -2.68. The van der Waals surface area contributed by atoms with Crippen LogP contribution in [-0.2, 0) is 33.2 Å². The fraction of sp³-hybridized carbons (Fsp3) is 0.960. The predicted octanol–water partition coefficient (Wildman–Crippen LogP) is -2.88. The van der Waals surface area contributed by atoms with Crippen LogP contribution in [0.15, 0.2) is 10.2 Å². The van der Waals surface area contributed by atoms with E-state index in [0.717, 1.165) is 13.3 Å². The van der Waals surface area contributed by atoms with Gasteiger partial charge in [0.1, 0.15) is 48.8 Å². The molecule has 3 aliphatic heterocycles. The van der Waals surface area contributed by atoms with Crippen LogP contribution in [0, 0.1) is 0 Å². The first-order valence-electron chi connectivity index (χ1n) is 14.9. The molecule has 0 saturated carbocycles. The largest absolute Gasteiger partial charge is 0.477 e. The fourth-order valence-corrected chi connectivity index (χ4v) is 5.57. The second-order valence-corrected chi connectivity index (χ2v) is 11.4. The summed E-state index contributed by atoms with van der Waals surface area (Å²) >= 11 is 0. The number of unbranched alkanes of at least 4 members (excludes halogenated alkanes) is 1. The highest BCUT2D eigenvalue weighted by Gasteiger charge is 2.59. The summed E-state index contributed by atoms with van der Waals surface area (Å²) in [4.78, 5) is 17.9. The van der Waals surface area contributed by atoms with Gasteiger partial charge in [0.05, 0.1) is 43.6 Å². The van der Waals surface area contributed by atoms with Crippen LogP contribution in [0.1, 0.15) is 33.1 Å². The average molecular weight is 683 g/mol. The van der Waals surface area contributed by atoms with Crippen LogP contribution in [0.2, 0.25) is 0 Å². The number of aliphatic hydroxyl groups excluding tert-OH is 8. The molecule has 0 bridgehead atoms. The van der Waals surface area contributed by atoms with E-state index < -0.39 is 123 Å². The molecule has 3 fully saturated rings. The summed E-state index contributed by atoms with van der Waals surface area (Å²) < 4.78 is 33.4. The van der Waals surface area contributed by atoms with Crippen LogP contribution in [0.4, 0.5) is 0 Å². The van der Waals surface area contributed by atoms with Crippen molar-refractivity contribution in [2.75, 3.05) is 19.8 Å². The van der Waals surface area contributed by atoms with E-state index in [2.05, 4.69) is 20.1 Å². The van der Waals surface area contributed by atoms with Crippen LogP contribution < -0.4 is 0 Å². The van der Waals surface area contributed by atoms with Crippen LogP contribution in [0.25, 0.3) is 20.9 Å². The standard InChI is InChI=1S/C25H42N6O16/c1-3-4-5-42-22-17(38)16(37)19(12(8-33)44-22)45-23-18(39)21(15(36)11(7-32)43-23)47-25(24(40)41)6-10(35)14(29-31-27)20(46-25)13(9(2)34)28-30-26/h9-23,32-39H,3-8H2,1-2H3,(H,40,41)/t9-,10-,11?,12?,13-,14-,15+,16-,17?,18?,19-,20?,21+,22-,23+,25+/m1/s1. The zero-order valence-electron chi connectivity index (χ0n) is 25.5. The number of hydrogen-bond acceptors (Lipinski definition) is 17. The third kappa shape index (κ3) is 8.58. The molecule has 9 N–H and O–H groups in total. The van der Waals surface area contributed by atoms with Gasteiger partial charge >= 0.3 is 5.97 Å². The zero-order valence-corrected chi connectivity index (χ0v) is 25.5. The summed E-state index contributed by atoms with van der Waals surface area (Å²) in [7, 11) is 0.